The highest BCUT2D eigenvalue weighted by atomic mass is 32.1. The molecule has 1 aromatic carbocycles. The number of anilines is 1. The highest BCUT2D eigenvalue weighted by molar-refractivity contribution is 7.10. The molecule has 124 valence electrons. The van der Waals surface area contributed by atoms with Gasteiger partial charge >= 0.3 is 6.09 Å². The molecular formula is C18H24N2O2S. The van der Waals surface area contributed by atoms with Crippen molar-refractivity contribution in [2.24, 2.45) is 0 Å². The van der Waals surface area contributed by atoms with Crippen LogP contribution < -0.4 is 10.6 Å². The molecule has 4 nitrogen and oxygen atoms in total. The van der Waals surface area contributed by atoms with Gasteiger partial charge in [-0.3, -0.25) is 0 Å². The minimum atomic E-state index is -0.488. The Hall–Kier alpha value is -2.01. The third kappa shape index (κ3) is 5.60. The maximum atomic E-state index is 11.8. The predicted molar refractivity (Wildman–Crippen MR) is 95.9 cm³/mol. The third-order valence-electron chi connectivity index (χ3n) is 3.25. The monoisotopic (exact) mass is 332 g/mol. The molecule has 0 aliphatic rings. The molecule has 1 heterocycles. The molecule has 0 bridgehead atoms. The summed E-state index contributed by atoms with van der Waals surface area (Å²) >= 11 is 1.75. The zero-order chi connectivity index (χ0) is 16.9. The number of hydrogen-bond donors (Lipinski definition) is 2. The average Bonchev–Trinajstić information content (AvgIpc) is 2.87. The summed E-state index contributed by atoms with van der Waals surface area (Å²) in [5, 5.41) is 8.35. The smallest absolute Gasteiger partial charge is 0.407 e. The van der Waals surface area contributed by atoms with Crippen LogP contribution in [0.5, 0.6) is 0 Å². The van der Waals surface area contributed by atoms with Crippen molar-refractivity contribution in [1.82, 2.24) is 5.32 Å². The van der Waals surface area contributed by atoms with E-state index in [1.807, 2.05) is 45.0 Å². The van der Waals surface area contributed by atoms with Gasteiger partial charge in [-0.1, -0.05) is 18.2 Å². The molecule has 2 rings (SSSR count). The Kier molecular flexibility index (Phi) is 5.66. The second-order valence-corrected chi connectivity index (χ2v) is 7.39. The molecule has 0 atom stereocenters. The van der Waals surface area contributed by atoms with E-state index in [0.29, 0.717) is 6.54 Å². The van der Waals surface area contributed by atoms with Crippen molar-refractivity contribution in [2.45, 2.75) is 46.4 Å². The number of para-hydroxylation sites is 1. The van der Waals surface area contributed by atoms with Gasteiger partial charge in [-0.15, -0.1) is 11.3 Å². The Balaban J connectivity index is 1.95. The van der Waals surface area contributed by atoms with E-state index in [0.717, 1.165) is 17.8 Å². The summed E-state index contributed by atoms with van der Waals surface area (Å²) in [6, 6.07) is 10.1. The van der Waals surface area contributed by atoms with Crippen LogP contribution in [-0.2, 0) is 17.8 Å². The second-order valence-electron chi connectivity index (χ2n) is 6.39. The van der Waals surface area contributed by atoms with Gasteiger partial charge in [0.15, 0.2) is 0 Å². The van der Waals surface area contributed by atoms with Crippen LogP contribution in [-0.4, -0.2) is 11.7 Å². The number of nitrogens with one attached hydrogen (secondary N) is 2. The van der Waals surface area contributed by atoms with Crippen LogP contribution in [0.2, 0.25) is 0 Å². The zero-order valence-corrected chi connectivity index (χ0v) is 14.9. The average molecular weight is 332 g/mol. The lowest BCUT2D eigenvalue weighted by Gasteiger charge is -2.20. The molecular weight excluding hydrogens is 308 g/mol. The highest BCUT2D eigenvalue weighted by Crippen LogP contribution is 2.20. The van der Waals surface area contributed by atoms with Crippen LogP contribution >= 0.6 is 11.3 Å². The van der Waals surface area contributed by atoms with E-state index >= 15 is 0 Å². The predicted octanol–water partition coefficient (Wildman–Crippen LogP) is 4.69. The lowest BCUT2D eigenvalue weighted by molar-refractivity contribution is 0.0523. The van der Waals surface area contributed by atoms with Gasteiger partial charge in [-0.05, 0) is 56.3 Å². The van der Waals surface area contributed by atoms with E-state index in [9.17, 15) is 4.79 Å². The standard InChI is InChI=1S/C18H24N2O2S/c1-13-9-10-23-16(13)12-19-15-8-6-5-7-14(15)11-20-17(21)22-18(2,3)4/h5-10,19H,11-12H2,1-4H3,(H,20,21). The molecule has 0 fully saturated rings. The Bertz CT molecular complexity index is 659. The summed E-state index contributed by atoms with van der Waals surface area (Å²) in [4.78, 5) is 13.1. The first-order valence-corrected chi connectivity index (χ1v) is 8.55. The van der Waals surface area contributed by atoms with E-state index in [1.165, 1.54) is 10.4 Å². The van der Waals surface area contributed by atoms with Gasteiger partial charge in [-0.2, -0.15) is 0 Å². The van der Waals surface area contributed by atoms with Crippen molar-refractivity contribution in [3.63, 3.8) is 0 Å². The lowest BCUT2D eigenvalue weighted by atomic mass is 10.1. The molecule has 0 aliphatic heterocycles. The molecule has 0 unspecified atom stereocenters. The SMILES string of the molecule is Cc1ccsc1CNc1ccccc1CNC(=O)OC(C)(C)C. The Morgan fingerprint density at radius 3 is 2.57 bits per heavy atom. The van der Waals surface area contributed by atoms with Crippen LogP contribution in [0, 0.1) is 6.92 Å². The molecule has 23 heavy (non-hydrogen) atoms. The topological polar surface area (TPSA) is 50.4 Å². The van der Waals surface area contributed by atoms with E-state index in [2.05, 4.69) is 29.0 Å². The summed E-state index contributed by atoms with van der Waals surface area (Å²) < 4.78 is 5.27. The van der Waals surface area contributed by atoms with Crippen molar-refractivity contribution in [3.8, 4) is 0 Å². The van der Waals surface area contributed by atoms with Gasteiger partial charge in [-0.25, -0.2) is 4.79 Å². The van der Waals surface area contributed by atoms with Crippen LogP contribution in [0.25, 0.3) is 0 Å². The fourth-order valence-corrected chi connectivity index (χ4v) is 2.94. The molecule has 0 saturated carbocycles. The largest absolute Gasteiger partial charge is 0.444 e. The fourth-order valence-electron chi connectivity index (χ4n) is 2.09. The molecule has 0 saturated heterocycles. The number of carbonyl (C=O) groups is 1. The first kappa shape index (κ1) is 17.3. The lowest BCUT2D eigenvalue weighted by Crippen LogP contribution is -2.32. The van der Waals surface area contributed by atoms with Crippen LogP contribution in [0.3, 0.4) is 0 Å². The fraction of sp³-hybridized carbons (Fsp3) is 0.389. The normalized spacial score (nSPS) is 11.1. The zero-order valence-electron chi connectivity index (χ0n) is 14.1. The third-order valence-corrected chi connectivity index (χ3v) is 4.27. The van der Waals surface area contributed by atoms with Crippen molar-refractivity contribution in [3.05, 3.63) is 51.7 Å². The molecule has 2 N–H and O–H groups in total. The van der Waals surface area contributed by atoms with Crippen molar-refractivity contribution in [2.75, 3.05) is 5.32 Å². The summed E-state index contributed by atoms with van der Waals surface area (Å²) in [5.41, 5.74) is 2.87. The van der Waals surface area contributed by atoms with E-state index in [-0.39, 0.29) is 0 Å². The number of alkyl carbamates (subject to hydrolysis) is 1. The Labute approximate surface area is 141 Å². The van der Waals surface area contributed by atoms with Gasteiger partial charge in [0.05, 0.1) is 0 Å². The van der Waals surface area contributed by atoms with Gasteiger partial charge < -0.3 is 15.4 Å². The first-order valence-electron chi connectivity index (χ1n) is 7.67. The maximum Gasteiger partial charge on any atom is 0.407 e. The number of aryl methyl sites for hydroxylation is 1. The van der Waals surface area contributed by atoms with Crippen molar-refractivity contribution < 1.29 is 9.53 Å². The van der Waals surface area contributed by atoms with Crippen LogP contribution in [0.15, 0.2) is 35.7 Å². The van der Waals surface area contributed by atoms with Gasteiger partial charge in [0, 0.05) is 23.7 Å². The Morgan fingerprint density at radius 1 is 1.17 bits per heavy atom. The number of thiophene rings is 1. The summed E-state index contributed by atoms with van der Waals surface area (Å²) in [5.74, 6) is 0. The van der Waals surface area contributed by atoms with Crippen LogP contribution in [0.4, 0.5) is 10.5 Å². The molecule has 0 radical (unpaired) electrons. The summed E-state index contributed by atoms with van der Waals surface area (Å²) in [6.45, 7) is 8.89. The molecule has 1 aromatic heterocycles. The van der Waals surface area contributed by atoms with Gasteiger partial charge in [0.2, 0.25) is 0 Å². The summed E-state index contributed by atoms with van der Waals surface area (Å²) in [7, 11) is 0. The minimum Gasteiger partial charge on any atom is -0.444 e. The Morgan fingerprint density at radius 2 is 1.91 bits per heavy atom. The molecule has 1 amide bonds. The number of carbonyl (C=O) groups excluding carboxylic acids is 1. The van der Waals surface area contributed by atoms with E-state index < -0.39 is 11.7 Å². The number of rotatable bonds is 5. The van der Waals surface area contributed by atoms with E-state index in [1.54, 1.807) is 11.3 Å². The minimum absolute atomic E-state index is 0.401. The quantitative estimate of drug-likeness (QED) is 0.835. The highest BCUT2D eigenvalue weighted by Gasteiger charge is 2.16. The molecule has 0 aliphatic carbocycles. The van der Waals surface area contributed by atoms with Crippen LogP contribution in [0.1, 0.15) is 36.8 Å². The summed E-state index contributed by atoms with van der Waals surface area (Å²) in [6.07, 6.45) is -0.401. The van der Waals surface area contributed by atoms with Gasteiger partial charge in [0.25, 0.3) is 0 Å². The second kappa shape index (κ2) is 7.51. The molecule has 0 spiro atoms. The van der Waals surface area contributed by atoms with Crippen molar-refractivity contribution in [1.29, 1.82) is 0 Å². The maximum absolute atomic E-state index is 11.8. The molecule has 2 aromatic rings. The number of ether oxygens (including phenoxy) is 1. The number of benzene rings is 1. The van der Waals surface area contributed by atoms with Crippen molar-refractivity contribution >= 4 is 23.1 Å². The molecule has 5 heteroatoms. The number of hydrogen-bond acceptors (Lipinski definition) is 4. The number of amides is 1. The van der Waals surface area contributed by atoms with Gasteiger partial charge in [0.1, 0.15) is 5.60 Å². The first-order chi connectivity index (χ1) is 10.8. The van der Waals surface area contributed by atoms with E-state index in [4.69, 9.17) is 4.74 Å².